The first-order valence-electron chi connectivity index (χ1n) is 5.44. The third-order valence-electron chi connectivity index (χ3n) is 2.45. The first-order valence-corrected chi connectivity index (χ1v) is 7.37. The van der Waals surface area contributed by atoms with Gasteiger partial charge in [-0.25, -0.2) is 0 Å². The van der Waals surface area contributed by atoms with Crippen molar-refractivity contribution in [2.24, 2.45) is 0 Å². The van der Waals surface area contributed by atoms with Crippen molar-refractivity contribution in [2.45, 2.75) is 25.5 Å². The molecule has 2 rings (SSSR count). The second kappa shape index (κ2) is 5.53. The van der Waals surface area contributed by atoms with E-state index < -0.39 is 5.97 Å². The lowest BCUT2D eigenvalue weighted by molar-refractivity contribution is -0.133. The van der Waals surface area contributed by atoms with Gasteiger partial charge in [-0.2, -0.15) is 11.3 Å². The summed E-state index contributed by atoms with van der Waals surface area (Å²) < 4.78 is 1.95. The van der Waals surface area contributed by atoms with E-state index in [0.29, 0.717) is 5.16 Å². The molecule has 5 nitrogen and oxygen atoms in total. The highest BCUT2D eigenvalue weighted by Crippen LogP contribution is 2.28. The minimum Gasteiger partial charge on any atom is -0.481 e. The average molecular weight is 283 g/mol. The second-order valence-corrected chi connectivity index (χ2v) is 5.39. The zero-order valence-electron chi connectivity index (χ0n) is 10.1. The van der Waals surface area contributed by atoms with Gasteiger partial charge in [-0.1, -0.05) is 11.8 Å². The molecule has 0 amide bonds. The molecule has 0 bridgehead atoms. The molecule has 1 N–H and O–H groups in total. The summed E-state index contributed by atoms with van der Waals surface area (Å²) in [6.07, 6.45) is 0. The van der Waals surface area contributed by atoms with E-state index in [1.807, 2.05) is 23.8 Å². The number of thioether (sulfide) groups is 1. The van der Waals surface area contributed by atoms with Gasteiger partial charge in [-0.3, -0.25) is 4.79 Å². The molecule has 96 valence electrons. The van der Waals surface area contributed by atoms with E-state index in [1.54, 1.807) is 11.3 Å². The van der Waals surface area contributed by atoms with Crippen molar-refractivity contribution in [3.8, 4) is 11.4 Å². The highest BCUT2D eigenvalue weighted by atomic mass is 32.2. The SMILES string of the molecule is CCn1c(SCC(=O)O)nnc1-c1cscc1C. The molecule has 0 aliphatic carbocycles. The lowest BCUT2D eigenvalue weighted by Crippen LogP contribution is -2.03. The van der Waals surface area contributed by atoms with Gasteiger partial charge in [0.2, 0.25) is 0 Å². The number of carboxylic acids is 1. The van der Waals surface area contributed by atoms with Crippen LogP contribution in [0, 0.1) is 6.92 Å². The van der Waals surface area contributed by atoms with Crippen LogP contribution in [-0.4, -0.2) is 31.6 Å². The number of carbonyl (C=O) groups is 1. The smallest absolute Gasteiger partial charge is 0.313 e. The maximum atomic E-state index is 10.6. The van der Waals surface area contributed by atoms with Crippen LogP contribution in [0.5, 0.6) is 0 Å². The lowest BCUT2D eigenvalue weighted by Gasteiger charge is -2.05. The minimum absolute atomic E-state index is 0.000746. The first-order chi connectivity index (χ1) is 8.63. The molecule has 0 aliphatic rings. The quantitative estimate of drug-likeness (QED) is 0.854. The van der Waals surface area contributed by atoms with Crippen molar-refractivity contribution in [3.05, 3.63) is 16.3 Å². The fourth-order valence-corrected chi connectivity index (χ4v) is 3.14. The van der Waals surface area contributed by atoms with Gasteiger partial charge in [0, 0.05) is 17.5 Å². The number of hydrogen-bond donors (Lipinski definition) is 1. The molecule has 0 saturated heterocycles. The number of nitrogens with zero attached hydrogens (tertiary/aromatic N) is 3. The Hall–Kier alpha value is -1.34. The largest absolute Gasteiger partial charge is 0.481 e. The van der Waals surface area contributed by atoms with Crippen molar-refractivity contribution in [1.29, 1.82) is 0 Å². The Kier molecular flexibility index (Phi) is 4.03. The Labute approximate surface area is 113 Å². The van der Waals surface area contributed by atoms with Crippen molar-refractivity contribution in [2.75, 3.05) is 5.75 Å². The molecule has 0 spiro atoms. The van der Waals surface area contributed by atoms with Crippen molar-refractivity contribution in [1.82, 2.24) is 14.8 Å². The van der Waals surface area contributed by atoms with Crippen molar-refractivity contribution < 1.29 is 9.90 Å². The van der Waals surface area contributed by atoms with Gasteiger partial charge in [-0.05, 0) is 24.8 Å². The summed E-state index contributed by atoms with van der Waals surface area (Å²) in [6, 6.07) is 0. The standard InChI is InChI=1S/C11H13N3O2S2/c1-3-14-10(8-5-17-4-7(8)2)12-13-11(14)18-6-9(15)16/h4-5H,3,6H2,1-2H3,(H,15,16). The van der Waals surface area contributed by atoms with Crippen LogP contribution in [0.4, 0.5) is 0 Å². The first kappa shape index (κ1) is 13.1. The van der Waals surface area contributed by atoms with Crippen LogP contribution in [0.3, 0.4) is 0 Å². The number of aromatic nitrogens is 3. The Morgan fingerprint density at radius 3 is 2.83 bits per heavy atom. The summed E-state index contributed by atoms with van der Waals surface area (Å²) >= 11 is 2.82. The van der Waals surface area contributed by atoms with Crippen LogP contribution in [-0.2, 0) is 11.3 Å². The Morgan fingerprint density at radius 2 is 2.28 bits per heavy atom. The molecule has 0 radical (unpaired) electrons. The Morgan fingerprint density at radius 1 is 1.50 bits per heavy atom. The highest BCUT2D eigenvalue weighted by Gasteiger charge is 2.15. The van der Waals surface area contributed by atoms with Crippen molar-refractivity contribution in [3.63, 3.8) is 0 Å². The van der Waals surface area contributed by atoms with Crippen LogP contribution in [0.2, 0.25) is 0 Å². The molecule has 0 fully saturated rings. The van der Waals surface area contributed by atoms with Crippen LogP contribution >= 0.6 is 23.1 Å². The van der Waals surface area contributed by atoms with Gasteiger partial charge < -0.3 is 9.67 Å². The highest BCUT2D eigenvalue weighted by molar-refractivity contribution is 7.99. The fourth-order valence-electron chi connectivity index (χ4n) is 1.60. The van der Waals surface area contributed by atoms with Gasteiger partial charge in [-0.15, -0.1) is 10.2 Å². The van der Waals surface area contributed by atoms with Gasteiger partial charge in [0.15, 0.2) is 11.0 Å². The van der Waals surface area contributed by atoms with Crippen LogP contribution in [0.25, 0.3) is 11.4 Å². The maximum Gasteiger partial charge on any atom is 0.313 e. The van der Waals surface area contributed by atoms with E-state index in [0.717, 1.165) is 23.5 Å². The molecular weight excluding hydrogens is 270 g/mol. The zero-order valence-corrected chi connectivity index (χ0v) is 11.7. The number of aliphatic carboxylic acids is 1. The third-order valence-corrected chi connectivity index (χ3v) is 4.27. The minimum atomic E-state index is -0.848. The predicted octanol–water partition coefficient (Wildman–Crippen LogP) is 2.51. The number of aryl methyl sites for hydroxylation is 1. The summed E-state index contributed by atoms with van der Waals surface area (Å²) in [5, 5.41) is 21.7. The van der Waals surface area contributed by atoms with Crippen LogP contribution < -0.4 is 0 Å². The second-order valence-electron chi connectivity index (χ2n) is 3.70. The lowest BCUT2D eigenvalue weighted by atomic mass is 10.2. The molecule has 18 heavy (non-hydrogen) atoms. The number of thiophene rings is 1. The summed E-state index contributed by atoms with van der Waals surface area (Å²) in [5.74, 6) is -0.0381. The molecule has 0 saturated carbocycles. The van der Waals surface area contributed by atoms with E-state index in [4.69, 9.17) is 5.11 Å². The van der Waals surface area contributed by atoms with Gasteiger partial charge >= 0.3 is 5.97 Å². The zero-order chi connectivity index (χ0) is 13.1. The van der Waals surface area contributed by atoms with E-state index in [-0.39, 0.29) is 5.75 Å². The van der Waals surface area contributed by atoms with E-state index in [2.05, 4.69) is 15.6 Å². The van der Waals surface area contributed by atoms with Gasteiger partial charge in [0.05, 0.1) is 5.75 Å². The van der Waals surface area contributed by atoms with E-state index in [9.17, 15) is 4.79 Å². The fraction of sp³-hybridized carbons (Fsp3) is 0.364. The monoisotopic (exact) mass is 283 g/mol. The Balaban J connectivity index is 2.33. The molecule has 2 heterocycles. The van der Waals surface area contributed by atoms with E-state index in [1.165, 1.54) is 11.8 Å². The molecule has 2 aromatic heterocycles. The molecule has 7 heteroatoms. The molecule has 0 unspecified atom stereocenters. The maximum absolute atomic E-state index is 10.6. The molecule has 0 aromatic carbocycles. The third kappa shape index (κ3) is 2.56. The topological polar surface area (TPSA) is 68.0 Å². The molecule has 0 atom stereocenters. The summed E-state index contributed by atoms with van der Waals surface area (Å²) in [5.41, 5.74) is 2.23. The summed E-state index contributed by atoms with van der Waals surface area (Å²) in [7, 11) is 0. The number of carboxylic acid groups (broad SMARTS) is 1. The van der Waals surface area contributed by atoms with Crippen LogP contribution in [0.15, 0.2) is 15.9 Å². The van der Waals surface area contributed by atoms with Crippen molar-refractivity contribution >= 4 is 29.1 Å². The normalized spacial score (nSPS) is 10.8. The summed E-state index contributed by atoms with van der Waals surface area (Å²) in [4.78, 5) is 10.6. The summed E-state index contributed by atoms with van der Waals surface area (Å²) in [6.45, 7) is 4.75. The van der Waals surface area contributed by atoms with Crippen LogP contribution in [0.1, 0.15) is 12.5 Å². The van der Waals surface area contributed by atoms with Gasteiger partial charge in [0.1, 0.15) is 0 Å². The average Bonchev–Trinajstić information content (AvgIpc) is 2.91. The van der Waals surface area contributed by atoms with Gasteiger partial charge in [0.25, 0.3) is 0 Å². The molecular formula is C11H13N3O2S2. The predicted molar refractivity (Wildman–Crippen MR) is 72.1 cm³/mol. The Bertz CT molecular complexity index is 562. The number of rotatable bonds is 5. The number of hydrogen-bond acceptors (Lipinski definition) is 5. The molecule has 0 aliphatic heterocycles. The van der Waals surface area contributed by atoms with E-state index >= 15 is 0 Å². The molecule has 2 aromatic rings.